The molecule has 16 rings (SSSR count). The molecule has 0 heteroatoms. The fourth-order valence-electron chi connectivity index (χ4n) is 15.7. The zero-order valence-corrected chi connectivity index (χ0v) is 47.1. The molecular formula is C80H62. The topological polar surface area (TPSA) is 0 Å². The van der Waals surface area contributed by atoms with Crippen molar-refractivity contribution < 1.29 is 0 Å². The van der Waals surface area contributed by atoms with E-state index >= 15 is 0 Å². The van der Waals surface area contributed by atoms with E-state index in [2.05, 4.69) is 237 Å². The first-order chi connectivity index (χ1) is 39.2. The minimum atomic E-state index is 0.991. The van der Waals surface area contributed by atoms with E-state index in [0.29, 0.717) is 0 Å². The average molecular weight is 1020 g/mol. The van der Waals surface area contributed by atoms with Gasteiger partial charge in [-0.25, -0.2) is 0 Å². The van der Waals surface area contributed by atoms with Crippen molar-refractivity contribution in [3.63, 3.8) is 0 Å². The molecule has 1 aliphatic carbocycles. The van der Waals surface area contributed by atoms with Crippen LogP contribution in [-0.4, -0.2) is 0 Å². The van der Waals surface area contributed by atoms with Crippen LogP contribution in [0.2, 0.25) is 0 Å². The number of hydrogen-bond acceptors (Lipinski definition) is 0. The van der Waals surface area contributed by atoms with Gasteiger partial charge in [-0.15, -0.1) is 0 Å². The monoisotopic (exact) mass is 1020 g/mol. The van der Waals surface area contributed by atoms with Crippen molar-refractivity contribution in [3.8, 4) is 66.8 Å². The van der Waals surface area contributed by atoms with Crippen LogP contribution in [0.15, 0.2) is 182 Å². The van der Waals surface area contributed by atoms with Crippen molar-refractivity contribution in [2.75, 3.05) is 0 Å². The van der Waals surface area contributed by atoms with Crippen molar-refractivity contribution in [3.05, 3.63) is 226 Å². The maximum atomic E-state index is 2.50. The fourth-order valence-corrected chi connectivity index (χ4v) is 15.7. The standard InChI is InChI=1S/C80H62/c1-9-47-25-29-49(30-26-47)70-77-62-20-14-17-59-56(55-34-37-64-72-58(55)16-13-19-61(72)75-52(11-3)68-45(7)23-24-46(8)69(68)53(12-4)76(64)75)35-38-65(73(59)62)79(77)71(50-31-27-48(10-2)28-32-50)80-66-39-36-57(60-18-15-21-63(74(60)66)78(70)80)67-42-44(6)41-51-40-43(5)22-33-54(51)67/h13-42H,9-12H2,1-8H3. The quantitative estimate of drug-likeness (QED) is 0.142. The van der Waals surface area contributed by atoms with Crippen LogP contribution >= 0.6 is 0 Å². The summed E-state index contributed by atoms with van der Waals surface area (Å²) in [6, 6.07) is 71.8. The van der Waals surface area contributed by atoms with Crippen molar-refractivity contribution in [2.24, 2.45) is 0 Å². The van der Waals surface area contributed by atoms with Crippen LogP contribution in [0, 0.1) is 27.7 Å². The Balaban J connectivity index is 1.03. The Hall–Kier alpha value is -8.84. The van der Waals surface area contributed by atoms with Gasteiger partial charge in [0.2, 0.25) is 0 Å². The Kier molecular flexibility index (Phi) is 10.2. The van der Waals surface area contributed by atoms with Crippen LogP contribution < -0.4 is 0 Å². The third kappa shape index (κ3) is 6.28. The Morgan fingerprint density at radius 1 is 0.250 bits per heavy atom. The molecule has 0 saturated heterocycles. The fraction of sp³-hybridized carbons (Fsp3) is 0.150. The van der Waals surface area contributed by atoms with Crippen molar-refractivity contribution >= 4 is 97.0 Å². The van der Waals surface area contributed by atoms with E-state index in [4.69, 9.17) is 0 Å². The van der Waals surface area contributed by atoms with E-state index in [1.165, 1.54) is 208 Å². The molecule has 0 unspecified atom stereocenters. The van der Waals surface area contributed by atoms with Crippen molar-refractivity contribution in [1.29, 1.82) is 0 Å². The summed E-state index contributed by atoms with van der Waals surface area (Å²) in [5.74, 6) is 0. The zero-order chi connectivity index (χ0) is 54.0. The largest absolute Gasteiger partial charge is 0.0613 e. The van der Waals surface area contributed by atoms with Gasteiger partial charge in [0.25, 0.3) is 0 Å². The Bertz CT molecular complexity index is 4980. The predicted molar refractivity (Wildman–Crippen MR) is 349 cm³/mol. The summed E-state index contributed by atoms with van der Waals surface area (Å²) in [4.78, 5) is 0. The highest BCUT2D eigenvalue weighted by Crippen LogP contribution is 2.59. The molecule has 0 heterocycles. The van der Waals surface area contributed by atoms with Crippen LogP contribution in [0.4, 0.5) is 0 Å². The van der Waals surface area contributed by atoms with Gasteiger partial charge in [-0.2, -0.15) is 0 Å². The highest BCUT2D eigenvalue weighted by molar-refractivity contribution is 6.47. The van der Waals surface area contributed by atoms with Crippen LogP contribution in [0.25, 0.3) is 164 Å². The van der Waals surface area contributed by atoms with Crippen LogP contribution in [0.3, 0.4) is 0 Å². The number of aryl methyl sites for hydroxylation is 8. The lowest BCUT2D eigenvalue weighted by atomic mass is 9.82. The van der Waals surface area contributed by atoms with Crippen molar-refractivity contribution in [1.82, 2.24) is 0 Å². The van der Waals surface area contributed by atoms with Gasteiger partial charge in [0.15, 0.2) is 0 Å². The minimum absolute atomic E-state index is 0.991. The summed E-state index contributed by atoms with van der Waals surface area (Å²) >= 11 is 0. The predicted octanol–water partition coefficient (Wildman–Crippen LogP) is 22.7. The smallest absolute Gasteiger partial charge is 0.000718 e. The molecule has 382 valence electrons. The maximum absolute atomic E-state index is 2.50. The first-order valence-corrected chi connectivity index (χ1v) is 29.4. The summed E-state index contributed by atoms with van der Waals surface area (Å²) in [6.45, 7) is 18.3. The van der Waals surface area contributed by atoms with Crippen LogP contribution in [0.5, 0.6) is 0 Å². The van der Waals surface area contributed by atoms with E-state index in [9.17, 15) is 0 Å². The molecule has 0 nitrogen and oxygen atoms in total. The summed E-state index contributed by atoms with van der Waals surface area (Å²) in [7, 11) is 0. The van der Waals surface area contributed by atoms with Crippen LogP contribution in [-0.2, 0) is 25.7 Å². The average Bonchev–Trinajstić information content (AvgIpc) is 4.28. The number of benzene rings is 13. The lowest BCUT2D eigenvalue weighted by Gasteiger charge is -2.21. The molecular weight excluding hydrogens is 961 g/mol. The molecule has 0 bridgehead atoms. The van der Waals surface area contributed by atoms with E-state index in [0.717, 1.165) is 25.7 Å². The van der Waals surface area contributed by atoms with E-state index < -0.39 is 0 Å². The third-order valence-corrected chi connectivity index (χ3v) is 19.2. The second kappa shape index (κ2) is 17.3. The third-order valence-electron chi connectivity index (χ3n) is 19.2. The summed E-state index contributed by atoms with van der Waals surface area (Å²) < 4.78 is 0. The molecule has 0 amide bonds. The van der Waals surface area contributed by atoms with Gasteiger partial charge in [0.05, 0.1) is 0 Å². The van der Waals surface area contributed by atoms with Gasteiger partial charge in [0.1, 0.15) is 0 Å². The molecule has 15 aromatic rings. The molecule has 0 saturated carbocycles. The Morgan fingerprint density at radius 2 is 0.650 bits per heavy atom. The molecule has 0 atom stereocenters. The second-order valence-electron chi connectivity index (χ2n) is 23.4. The zero-order valence-electron chi connectivity index (χ0n) is 47.1. The molecule has 0 aliphatic heterocycles. The first kappa shape index (κ1) is 47.2. The summed E-state index contributed by atoms with van der Waals surface area (Å²) in [5.41, 5.74) is 27.1. The first-order valence-electron chi connectivity index (χ1n) is 29.4. The number of hydrogen-bond donors (Lipinski definition) is 0. The van der Waals surface area contributed by atoms with Gasteiger partial charge in [-0.1, -0.05) is 215 Å². The summed E-state index contributed by atoms with van der Waals surface area (Å²) in [5, 5.41) is 24.2. The molecule has 0 aromatic heterocycles. The van der Waals surface area contributed by atoms with E-state index in [1.54, 1.807) is 0 Å². The maximum Gasteiger partial charge on any atom is -0.000718 e. The number of rotatable bonds is 8. The highest BCUT2D eigenvalue weighted by Gasteiger charge is 2.32. The molecule has 80 heavy (non-hydrogen) atoms. The molecule has 0 fully saturated rings. The van der Waals surface area contributed by atoms with Gasteiger partial charge in [-0.05, 0) is 256 Å². The molecule has 1 aliphatic rings. The number of fused-ring (bicyclic) bond motifs is 11. The SMILES string of the molecule is CCc1ccc(-c2c3c4cccc5c(-c6cc(C)cc7cc(C)ccc67)ccc(c3c(-c3ccc(CC)cc3)c3c6ccc(-c7ccc8c9c(cccc79)-c7c-8c(CC)c8c(C)ccc(C)c8c7CC)c7cccc(c23)c76)c54)cc1. The van der Waals surface area contributed by atoms with Crippen molar-refractivity contribution in [2.45, 2.75) is 81.1 Å². The molecule has 0 N–H and O–H groups in total. The highest BCUT2D eigenvalue weighted by atomic mass is 14.3. The normalized spacial score (nSPS) is 12.4. The lowest BCUT2D eigenvalue weighted by molar-refractivity contribution is 1.13. The van der Waals surface area contributed by atoms with Crippen LogP contribution in [0.1, 0.15) is 72.2 Å². The minimum Gasteiger partial charge on any atom is -0.0613 e. The molecule has 0 radical (unpaired) electrons. The van der Waals surface area contributed by atoms with Gasteiger partial charge < -0.3 is 0 Å². The Morgan fingerprint density at radius 3 is 1.15 bits per heavy atom. The molecule has 15 aromatic carbocycles. The lowest BCUT2D eigenvalue weighted by Crippen LogP contribution is -2.00. The second-order valence-corrected chi connectivity index (χ2v) is 23.4. The van der Waals surface area contributed by atoms with E-state index in [1.807, 2.05) is 0 Å². The van der Waals surface area contributed by atoms with Gasteiger partial charge >= 0.3 is 0 Å². The van der Waals surface area contributed by atoms with Gasteiger partial charge in [0, 0.05) is 0 Å². The molecule has 0 spiro atoms. The Labute approximate surface area is 468 Å². The van der Waals surface area contributed by atoms with E-state index in [-0.39, 0.29) is 0 Å². The van der Waals surface area contributed by atoms with Gasteiger partial charge in [-0.3, -0.25) is 0 Å². The summed E-state index contributed by atoms with van der Waals surface area (Å²) in [6.07, 6.45) is 3.97.